The van der Waals surface area contributed by atoms with Crippen LogP contribution in [0.2, 0.25) is 0 Å². The van der Waals surface area contributed by atoms with E-state index in [0.717, 1.165) is 31.2 Å². The van der Waals surface area contributed by atoms with Gasteiger partial charge >= 0.3 is 6.03 Å². The third-order valence-corrected chi connectivity index (χ3v) is 4.34. The predicted molar refractivity (Wildman–Crippen MR) is 96.6 cm³/mol. The number of urea groups is 1. The summed E-state index contributed by atoms with van der Waals surface area (Å²) in [6, 6.07) is 4.78. The van der Waals surface area contributed by atoms with E-state index in [0.29, 0.717) is 11.3 Å². The lowest BCUT2D eigenvalue weighted by Gasteiger charge is -2.22. The number of benzene rings is 1. The summed E-state index contributed by atoms with van der Waals surface area (Å²) in [6.45, 7) is 1.75. The highest BCUT2D eigenvalue weighted by molar-refractivity contribution is 5.96. The third kappa shape index (κ3) is 5.77. The average Bonchev–Trinajstić information content (AvgIpc) is 2.62. The molecule has 0 heterocycles. The van der Waals surface area contributed by atoms with Gasteiger partial charge in [-0.15, -0.1) is 0 Å². The number of nitrogens with one attached hydrogen (secondary N) is 4. The second-order valence-corrected chi connectivity index (χ2v) is 6.32. The molecule has 0 atom stereocenters. The number of rotatable bonds is 5. The van der Waals surface area contributed by atoms with E-state index in [-0.39, 0.29) is 24.4 Å². The highest BCUT2D eigenvalue weighted by Gasteiger charge is 2.16. The molecule has 1 aromatic carbocycles. The summed E-state index contributed by atoms with van der Waals surface area (Å²) in [5, 5.41) is 10.7. The molecule has 0 saturated heterocycles. The lowest BCUT2D eigenvalue weighted by molar-refractivity contribution is -0.121. The van der Waals surface area contributed by atoms with Crippen LogP contribution in [0.15, 0.2) is 18.2 Å². The Bertz CT molecular complexity index is 639. The maximum Gasteiger partial charge on any atom is 0.319 e. The number of carbonyl (C=O) groups excluding carboxylic acids is 3. The van der Waals surface area contributed by atoms with Gasteiger partial charge in [0.1, 0.15) is 0 Å². The van der Waals surface area contributed by atoms with E-state index in [4.69, 9.17) is 0 Å². The van der Waals surface area contributed by atoms with Crippen LogP contribution >= 0.6 is 0 Å². The normalized spacial score (nSPS) is 14.5. The van der Waals surface area contributed by atoms with Gasteiger partial charge in [0.05, 0.1) is 6.54 Å². The minimum absolute atomic E-state index is 0.0578. The Morgan fingerprint density at radius 1 is 1.12 bits per heavy atom. The maximum atomic E-state index is 12.0. The molecule has 0 bridgehead atoms. The second kappa shape index (κ2) is 9.05. The largest absolute Gasteiger partial charge is 0.355 e. The summed E-state index contributed by atoms with van der Waals surface area (Å²) in [5.74, 6) is -0.354. The number of hydrogen-bond donors (Lipinski definition) is 4. The van der Waals surface area contributed by atoms with Crippen LogP contribution < -0.4 is 21.3 Å². The summed E-state index contributed by atoms with van der Waals surface area (Å²) in [4.78, 5) is 35.4. The number of amides is 4. The summed E-state index contributed by atoms with van der Waals surface area (Å²) in [7, 11) is 1.57. The molecule has 4 amide bonds. The minimum atomic E-state index is -0.449. The van der Waals surface area contributed by atoms with E-state index in [1.807, 2.05) is 0 Å². The Kier molecular flexibility index (Phi) is 6.80. The van der Waals surface area contributed by atoms with Crippen LogP contribution in [-0.2, 0) is 4.79 Å². The Morgan fingerprint density at radius 2 is 1.84 bits per heavy atom. The Labute approximate surface area is 147 Å². The van der Waals surface area contributed by atoms with Crippen molar-refractivity contribution in [2.24, 2.45) is 0 Å². The molecule has 0 radical (unpaired) electrons. The fourth-order valence-electron chi connectivity index (χ4n) is 2.94. The lowest BCUT2D eigenvalue weighted by atomic mass is 9.95. The minimum Gasteiger partial charge on any atom is -0.355 e. The van der Waals surface area contributed by atoms with Crippen molar-refractivity contribution < 1.29 is 14.4 Å². The van der Waals surface area contributed by atoms with Crippen LogP contribution in [0.4, 0.5) is 10.5 Å². The monoisotopic (exact) mass is 346 g/mol. The van der Waals surface area contributed by atoms with Gasteiger partial charge in [-0.2, -0.15) is 0 Å². The molecule has 7 heteroatoms. The highest BCUT2D eigenvalue weighted by atomic mass is 16.2. The van der Waals surface area contributed by atoms with Crippen molar-refractivity contribution in [3.8, 4) is 0 Å². The Balaban J connectivity index is 1.79. The molecule has 0 aromatic heterocycles. The van der Waals surface area contributed by atoms with Crippen LogP contribution in [0.25, 0.3) is 0 Å². The second-order valence-electron chi connectivity index (χ2n) is 6.32. The van der Waals surface area contributed by atoms with Crippen LogP contribution in [0.3, 0.4) is 0 Å². The molecule has 1 saturated carbocycles. The summed E-state index contributed by atoms with van der Waals surface area (Å²) >= 11 is 0. The number of carbonyl (C=O) groups is 3. The van der Waals surface area contributed by atoms with Crippen molar-refractivity contribution in [2.75, 3.05) is 18.9 Å². The van der Waals surface area contributed by atoms with E-state index >= 15 is 0 Å². The van der Waals surface area contributed by atoms with Crippen LogP contribution in [0, 0.1) is 6.92 Å². The quantitative estimate of drug-likeness (QED) is 0.655. The average molecular weight is 346 g/mol. The first-order chi connectivity index (χ1) is 12.0. The van der Waals surface area contributed by atoms with Gasteiger partial charge in [0.2, 0.25) is 5.91 Å². The predicted octanol–water partition coefficient (Wildman–Crippen LogP) is 1.93. The van der Waals surface area contributed by atoms with Crippen molar-refractivity contribution in [2.45, 2.75) is 45.1 Å². The zero-order valence-electron chi connectivity index (χ0n) is 14.8. The van der Waals surface area contributed by atoms with Crippen molar-refractivity contribution in [3.05, 3.63) is 29.3 Å². The van der Waals surface area contributed by atoms with Crippen LogP contribution in [-0.4, -0.2) is 37.5 Å². The van der Waals surface area contributed by atoms with Gasteiger partial charge in [-0.1, -0.05) is 19.3 Å². The van der Waals surface area contributed by atoms with Gasteiger partial charge in [-0.25, -0.2) is 4.79 Å². The summed E-state index contributed by atoms with van der Waals surface area (Å²) < 4.78 is 0. The summed E-state index contributed by atoms with van der Waals surface area (Å²) in [5.41, 5.74) is 1.89. The topological polar surface area (TPSA) is 99.3 Å². The summed E-state index contributed by atoms with van der Waals surface area (Å²) in [6.07, 6.45) is 5.53. The number of aryl methyl sites for hydroxylation is 1. The molecular formula is C18H26N4O3. The standard InChI is InChI=1S/C18H26N4O3/c1-12-10-13(17(24)19-2)8-9-15(12)22-18(25)20-11-16(23)21-14-6-4-3-5-7-14/h8-10,14H,3-7,11H2,1-2H3,(H,19,24)(H,21,23)(H2,20,22,25). The van der Waals surface area contributed by atoms with Crippen LogP contribution in [0.5, 0.6) is 0 Å². The molecule has 1 fully saturated rings. The van der Waals surface area contributed by atoms with Crippen molar-refractivity contribution in [1.82, 2.24) is 16.0 Å². The van der Waals surface area contributed by atoms with E-state index in [9.17, 15) is 14.4 Å². The Hall–Kier alpha value is -2.57. The molecular weight excluding hydrogens is 320 g/mol. The van der Waals surface area contributed by atoms with Gasteiger partial charge in [0.25, 0.3) is 5.91 Å². The zero-order chi connectivity index (χ0) is 18.2. The molecule has 1 aliphatic carbocycles. The number of hydrogen-bond acceptors (Lipinski definition) is 3. The van der Waals surface area contributed by atoms with E-state index in [2.05, 4.69) is 21.3 Å². The smallest absolute Gasteiger partial charge is 0.319 e. The van der Waals surface area contributed by atoms with Gasteiger partial charge < -0.3 is 21.3 Å². The first kappa shape index (κ1) is 18.8. The van der Waals surface area contributed by atoms with E-state index in [1.54, 1.807) is 32.2 Å². The van der Waals surface area contributed by atoms with Crippen LogP contribution in [0.1, 0.15) is 48.0 Å². The van der Waals surface area contributed by atoms with Gasteiger partial charge in [-0.3, -0.25) is 9.59 Å². The van der Waals surface area contributed by atoms with E-state index in [1.165, 1.54) is 6.42 Å². The fourth-order valence-corrected chi connectivity index (χ4v) is 2.94. The molecule has 7 nitrogen and oxygen atoms in total. The van der Waals surface area contributed by atoms with Crippen molar-refractivity contribution in [1.29, 1.82) is 0 Å². The van der Waals surface area contributed by atoms with Gasteiger partial charge in [0.15, 0.2) is 0 Å². The molecule has 0 unspecified atom stereocenters. The van der Waals surface area contributed by atoms with Crippen molar-refractivity contribution in [3.63, 3.8) is 0 Å². The molecule has 1 aliphatic rings. The van der Waals surface area contributed by atoms with Crippen molar-refractivity contribution >= 4 is 23.5 Å². The molecule has 0 aliphatic heterocycles. The number of anilines is 1. The van der Waals surface area contributed by atoms with Gasteiger partial charge in [-0.05, 0) is 43.5 Å². The third-order valence-electron chi connectivity index (χ3n) is 4.34. The molecule has 25 heavy (non-hydrogen) atoms. The Morgan fingerprint density at radius 3 is 2.48 bits per heavy atom. The molecule has 136 valence electrons. The van der Waals surface area contributed by atoms with E-state index < -0.39 is 6.03 Å². The molecule has 0 spiro atoms. The zero-order valence-corrected chi connectivity index (χ0v) is 14.8. The SMILES string of the molecule is CNC(=O)c1ccc(NC(=O)NCC(=O)NC2CCCCC2)c(C)c1. The first-order valence-electron chi connectivity index (χ1n) is 8.66. The molecule has 1 aromatic rings. The molecule has 4 N–H and O–H groups in total. The molecule has 2 rings (SSSR count). The fraction of sp³-hybridized carbons (Fsp3) is 0.500. The maximum absolute atomic E-state index is 12.0. The highest BCUT2D eigenvalue weighted by Crippen LogP contribution is 2.17. The van der Waals surface area contributed by atoms with Gasteiger partial charge in [0, 0.05) is 24.3 Å². The first-order valence-corrected chi connectivity index (χ1v) is 8.66. The lowest BCUT2D eigenvalue weighted by Crippen LogP contribution is -2.43.